The highest BCUT2D eigenvalue weighted by Gasteiger charge is 2.26. The molecule has 0 unspecified atom stereocenters. The maximum absolute atomic E-state index is 11.0. The van der Waals surface area contributed by atoms with E-state index >= 15 is 0 Å². The molecule has 0 atom stereocenters. The highest BCUT2D eigenvalue weighted by molar-refractivity contribution is 5.67. The Balaban J connectivity index is 4.32. The van der Waals surface area contributed by atoms with Gasteiger partial charge in [-0.15, -0.1) is 0 Å². The second-order valence-electron chi connectivity index (χ2n) is 12.4. The normalized spacial score (nSPS) is 11.8. The first-order valence-electron chi connectivity index (χ1n) is 17.5. The van der Waals surface area contributed by atoms with E-state index in [0.29, 0.717) is 19.3 Å². The van der Waals surface area contributed by atoms with Gasteiger partial charge < -0.3 is 19.8 Å². The molecule has 0 aromatic rings. The molecule has 7 nitrogen and oxygen atoms in total. The van der Waals surface area contributed by atoms with Crippen molar-refractivity contribution in [3.8, 4) is 0 Å². The number of allylic oxidation sites excluding steroid dienone is 2. The van der Waals surface area contributed by atoms with Crippen LogP contribution < -0.4 is 0 Å². The molecule has 7 heteroatoms. The number of hydrogen-bond acceptors (Lipinski definition) is 3. The SMILES string of the molecule is CCCC/C=C/CCCCCCCCCCCCCC[N+](CCCCC(=O)O)(CCCCC(=O)O)CCCCC(=O)O. The standard InChI is InChI=1S/C35H65NO6/c1-2-3-4-5-6-7-8-9-10-11-12-13-14-15-16-17-18-22-29-36(30-23-19-26-33(37)38,31-24-20-27-34(39)40)32-25-21-28-35(41)42/h5-6H,2-4,7-32H2,1H3,(H2-,37,38,39,40,41,42)/p+1/b6-5+. The van der Waals surface area contributed by atoms with Gasteiger partial charge in [-0.05, 0) is 70.6 Å². The number of carboxylic acids is 3. The van der Waals surface area contributed by atoms with Crippen molar-refractivity contribution in [2.75, 3.05) is 26.2 Å². The highest BCUT2D eigenvalue weighted by atomic mass is 16.4. The molecule has 0 spiro atoms. The Labute approximate surface area is 257 Å². The zero-order valence-electron chi connectivity index (χ0n) is 27.2. The summed E-state index contributed by atoms with van der Waals surface area (Å²) in [7, 11) is 0. The fourth-order valence-corrected chi connectivity index (χ4v) is 5.88. The largest absolute Gasteiger partial charge is 0.481 e. The second-order valence-corrected chi connectivity index (χ2v) is 12.4. The van der Waals surface area contributed by atoms with Gasteiger partial charge in [0.1, 0.15) is 0 Å². The van der Waals surface area contributed by atoms with Gasteiger partial charge >= 0.3 is 17.9 Å². The third-order valence-corrected chi connectivity index (χ3v) is 8.46. The van der Waals surface area contributed by atoms with Crippen molar-refractivity contribution in [3.05, 3.63) is 12.2 Å². The fraction of sp³-hybridized carbons (Fsp3) is 0.857. The molecule has 0 aromatic carbocycles. The minimum absolute atomic E-state index is 0.175. The third-order valence-electron chi connectivity index (χ3n) is 8.46. The molecule has 0 bridgehead atoms. The molecule has 0 radical (unpaired) electrons. The van der Waals surface area contributed by atoms with E-state index < -0.39 is 17.9 Å². The lowest BCUT2D eigenvalue weighted by atomic mass is 10.0. The number of quaternary nitrogens is 1. The predicted octanol–water partition coefficient (Wildman–Crippen LogP) is 9.39. The monoisotopic (exact) mass is 596 g/mol. The Kier molecular flexibility index (Phi) is 27.9. The average molecular weight is 597 g/mol. The summed E-state index contributed by atoms with van der Waals surface area (Å²) in [5.41, 5.74) is 0. The van der Waals surface area contributed by atoms with Crippen molar-refractivity contribution in [2.45, 2.75) is 167 Å². The van der Waals surface area contributed by atoms with Crippen LogP contribution >= 0.6 is 0 Å². The molecule has 0 saturated carbocycles. The van der Waals surface area contributed by atoms with Gasteiger partial charge in [-0.3, -0.25) is 14.4 Å². The van der Waals surface area contributed by atoms with Crippen molar-refractivity contribution in [2.24, 2.45) is 0 Å². The lowest BCUT2D eigenvalue weighted by Crippen LogP contribution is -2.51. The van der Waals surface area contributed by atoms with Gasteiger partial charge in [-0.2, -0.15) is 0 Å². The van der Waals surface area contributed by atoms with E-state index in [4.69, 9.17) is 15.3 Å². The molecule has 0 aliphatic carbocycles. The zero-order valence-corrected chi connectivity index (χ0v) is 27.2. The molecular weight excluding hydrogens is 530 g/mol. The van der Waals surface area contributed by atoms with Gasteiger partial charge in [-0.25, -0.2) is 0 Å². The van der Waals surface area contributed by atoms with E-state index in [1.165, 1.54) is 96.3 Å². The molecule has 246 valence electrons. The topological polar surface area (TPSA) is 112 Å². The van der Waals surface area contributed by atoms with Crippen LogP contribution in [0.15, 0.2) is 12.2 Å². The smallest absolute Gasteiger partial charge is 0.303 e. The molecule has 0 fully saturated rings. The Bertz CT molecular complexity index is 638. The van der Waals surface area contributed by atoms with E-state index in [0.717, 1.165) is 56.3 Å². The van der Waals surface area contributed by atoms with Crippen LogP contribution in [0.2, 0.25) is 0 Å². The van der Waals surface area contributed by atoms with E-state index in [2.05, 4.69) is 19.1 Å². The van der Waals surface area contributed by atoms with Crippen molar-refractivity contribution in [3.63, 3.8) is 0 Å². The molecule has 42 heavy (non-hydrogen) atoms. The lowest BCUT2D eigenvalue weighted by molar-refractivity contribution is -0.929. The average Bonchev–Trinajstić information content (AvgIpc) is 2.94. The van der Waals surface area contributed by atoms with Gasteiger partial charge in [0.25, 0.3) is 0 Å². The zero-order chi connectivity index (χ0) is 31.2. The minimum atomic E-state index is -0.767. The summed E-state index contributed by atoms with van der Waals surface area (Å²) in [6.07, 6.45) is 30.3. The molecule has 0 amide bonds. The van der Waals surface area contributed by atoms with Crippen molar-refractivity contribution < 1.29 is 34.2 Å². The van der Waals surface area contributed by atoms with Crippen LogP contribution in [0.5, 0.6) is 0 Å². The number of carbonyl (C=O) groups is 3. The maximum Gasteiger partial charge on any atom is 0.303 e. The van der Waals surface area contributed by atoms with Crippen molar-refractivity contribution >= 4 is 17.9 Å². The maximum atomic E-state index is 11.0. The van der Waals surface area contributed by atoms with Crippen LogP contribution in [0, 0.1) is 0 Å². The van der Waals surface area contributed by atoms with Crippen LogP contribution in [0.3, 0.4) is 0 Å². The van der Waals surface area contributed by atoms with Gasteiger partial charge in [0, 0.05) is 19.3 Å². The predicted molar refractivity (Wildman–Crippen MR) is 173 cm³/mol. The second kappa shape index (κ2) is 29.2. The number of carboxylic acid groups (broad SMARTS) is 3. The summed E-state index contributed by atoms with van der Waals surface area (Å²) in [6, 6.07) is 0. The fourth-order valence-electron chi connectivity index (χ4n) is 5.88. The molecule has 3 N–H and O–H groups in total. The van der Waals surface area contributed by atoms with E-state index in [-0.39, 0.29) is 19.3 Å². The summed E-state index contributed by atoms with van der Waals surface area (Å²) in [5.74, 6) is -2.30. The Morgan fingerprint density at radius 2 is 0.714 bits per heavy atom. The van der Waals surface area contributed by atoms with E-state index in [1.807, 2.05) is 0 Å². The van der Waals surface area contributed by atoms with Gasteiger partial charge in [0.15, 0.2) is 0 Å². The molecule has 0 saturated heterocycles. The van der Waals surface area contributed by atoms with Gasteiger partial charge in [0.2, 0.25) is 0 Å². The Morgan fingerprint density at radius 1 is 0.429 bits per heavy atom. The van der Waals surface area contributed by atoms with Crippen molar-refractivity contribution in [1.29, 1.82) is 0 Å². The molecule has 0 heterocycles. The highest BCUT2D eigenvalue weighted by Crippen LogP contribution is 2.20. The van der Waals surface area contributed by atoms with Crippen LogP contribution in [-0.2, 0) is 14.4 Å². The summed E-state index contributed by atoms with van der Waals surface area (Å²) in [6.45, 7) is 5.93. The minimum Gasteiger partial charge on any atom is -0.481 e. The summed E-state index contributed by atoms with van der Waals surface area (Å²) < 4.78 is 0.869. The summed E-state index contributed by atoms with van der Waals surface area (Å²) >= 11 is 0. The van der Waals surface area contributed by atoms with Crippen LogP contribution in [-0.4, -0.2) is 63.9 Å². The number of nitrogens with zero attached hydrogens (tertiary/aromatic N) is 1. The Morgan fingerprint density at radius 3 is 1.05 bits per heavy atom. The molecule has 0 aliphatic heterocycles. The van der Waals surface area contributed by atoms with Crippen LogP contribution in [0.4, 0.5) is 0 Å². The van der Waals surface area contributed by atoms with Crippen LogP contribution in [0.1, 0.15) is 167 Å². The molecule has 0 rings (SSSR count). The molecule has 0 aromatic heterocycles. The molecular formula is C35H66NO6+. The van der Waals surface area contributed by atoms with Crippen molar-refractivity contribution in [1.82, 2.24) is 0 Å². The van der Waals surface area contributed by atoms with Gasteiger partial charge in [-0.1, -0.05) is 89.7 Å². The number of unbranched alkanes of at least 4 members (excludes halogenated alkanes) is 17. The Hall–Kier alpha value is -1.89. The summed E-state index contributed by atoms with van der Waals surface area (Å²) in [4.78, 5) is 33.0. The summed E-state index contributed by atoms with van der Waals surface area (Å²) in [5, 5.41) is 27.1. The molecule has 0 aliphatic rings. The van der Waals surface area contributed by atoms with E-state index in [1.54, 1.807) is 0 Å². The number of aliphatic carboxylic acids is 3. The third kappa shape index (κ3) is 28.2. The quantitative estimate of drug-likeness (QED) is 0.0395. The number of rotatable bonds is 33. The first-order chi connectivity index (χ1) is 20.3. The first-order valence-corrected chi connectivity index (χ1v) is 17.5. The van der Waals surface area contributed by atoms with Crippen LogP contribution in [0.25, 0.3) is 0 Å². The lowest BCUT2D eigenvalue weighted by Gasteiger charge is -2.39. The van der Waals surface area contributed by atoms with E-state index in [9.17, 15) is 14.4 Å². The first kappa shape index (κ1) is 40.1. The van der Waals surface area contributed by atoms with Gasteiger partial charge in [0.05, 0.1) is 26.2 Å². The number of hydrogen-bond donors (Lipinski definition) is 3.